The Bertz CT molecular complexity index is 637. The molecule has 0 saturated carbocycles. The first-order chi connectivity index (χ1) is 9.56. The number of methoxy groups -OCH3 is 1. The van der Waals surface area contributed by atoms with Crippen LogP contribution in [0.2, 0.25) is 5.02 Å². The second-order valence-corrected chi connectivity index (χ2v) is 6.08. The minimum atomic E-state index is 0.388. The van der Waals surface area contributed by atoms with Gasteiger partial charge in [-0.05, 0) is 34.1 Å². The zero-order valence-corrected chi connectivity index (χ0v) is 14.8. The molecule has 4 nitrogen and oxygen atoms in total. The molecular weight excluding hydrogens is 409 g/mol. The van der Waals surface area contributed by atoms with Crippen molar-refractivity contribution in [2.75, 3.05) is 19.5 Å². The summed E-state index contributed by atoms with van der Waals surface area (Å²) in [6.45, 7) is 0.388. The van der Waals surface area contributed by atoms with Crippen molar-refractivity contribution >= 4 is 49.3 Å². The summed E-state index contributed by atoms with van der Waals surface area (Å²) >= 11 is 13.1. The highest BCUT2D eigenvalue weighted by atomic mass is 79.9. The highest BCUT2D eigenvalue weighted by molar-refractivity contribution is 9.11. The first-order valence-corrected chi connectivity index (χ1v) is 7.71. The van der Waals surface area contributed by atoms with Gasteiger partial charge in [0.1, 0.15) is 5.82 Å². The Labute approximate surface area is 139 Å². The van der Waals surface area contributed by atoms with Crippen LogP contribution in [-0.4, -0.2) is 24.1 Å². The van der Waals surface area contributed by atoms with Crippen LogP contribution in [0.25, 0.3) is 11.4 Å². The van der Waals surface area contributed by atoms with Crippen molar-refractivity contribution in [3.63, 3.8) is 0 Å². The number of rotatable bonds is 4. The Hall–Kier alpha value is -0.690. The van der Waals surface area contributed by atoms with Crippen LogP contribution in [0.4, 0.5) is 5.82 Å². The van der Waals surface area contributed by atoms with E-state index in [1.54, 1.807) is 14.2 Å². The maximum atomic E-state index is 6.26. The van der Waals surface area contributed by atoms with Gasteiger partial charge in [0.25, 0.3) is 0 Å². The Balaban J connectivity index is 2.58. The summed E-state index contributed by atoms with van der Waals surface area (Å²) in [6.07, 6.45) is 0. The molecule has 1 N–H and O–H groups in total. The van der Waals surface area contributed by atoms with Gasteiger partial charge in [-0.1, -0.05) is 27.5 Å². The quantitative estimate of drug-likeness (QED) is 0.789. The molecule has 0 radical (unpaired) electrons. The molecule has 0 aliphatic carbocycles. The number of nitrogens with zero attached hydrogens (tertiary/aromatic N) is 2. The molecule has 0 spiro atoms. The third-order valence-electron chi connectivity index (χ3n) is 2.61. The molecule has 1 aromatic heterocycles. The van der Waals surface area contributed by atoms with E-state index in [1.807, 2.05) is 18.2 Å². The number of hydrogen-bond acceptors (Lipinski definition) is 4. The highest BCUT2D eigenvalue weighted by Crippen LogP contribution is 2.32. The Morgan fingerprint density at radius 1 is 1.30 bits per heavy atom. The van der Waals surface area contributed by atoms with Crippen LogP contribution < -0.4 is 5.32 Å². The van der Waals surface area contributed by atoms with E-state index in [0.717, 1.165) is 20.2 Å². The zero-order chi connectivity index (χ0) is 14.7. The second-order valence-electron chi connectivity index (χ2n) is 3.96. The van der Waals surface area contributed by atoms with Crippen molar-refractivity contribution < 1.29 is 4.74 Å². The average molecular weight is 422 g/mol. The van der Waals surface area contributed by atoms with Crippen LogP contribution in [0.5, 0.6) is 0 Å². The van der Waals surface area contributed by atoms with Crippen LogP contribution in [0, 0.1) is 0 Å². The van der Waals surface area contributed by atoms with Crippen molar-refractivity contribution in [2.45, 2.75) is 6.61 Å². The number of benzene rings is 1. The molecule has 2 rings (SSSR count). The Kier molecular flexibility index (Phi) is 5.37. The van der Waals surface area contributed by atoms with Gasteiger partial charge in [-0.3, -0.25) is 0 Å². The van der Waals surface area contributed by atoms with Crippen LogP contribution in [0.3, 0.4) is 0 Å². The molecule has 20 heavy (non-hydrogen) atoms. The monoisotopic (exact) mass is 419 g/mol. The van der Waals surface area contributed by atoms with Gasteiger partial charge in [0.05, 0.1) is 21.8 Å². The number of hydrogen-bond donors (Lipinski definition) is 1. The lowest BCUT2D eigenvalue weighted by Gasteiger charge is -2.11. The molecule has 0 unspecified atom stereocenters. The van der Waals surface area contributed by atoms with Gasteiger partial charge in [0.15, 0.2) is 5.82 Å². The number of nitrogens with one attached hydrogen (secondary N) is 1. The number of anilines is 1. The van der Waals surface area contributed by atoms with E-state index < -0.39 is 0 Å². The van der Waals surface area contributed by atoms with Crippen molar-refractivity contribution in [1.82, 2.24) is 9.97 Å². The van der Waals surface area contributed by atoms with E-state index in [-0.39, 0.29) is 0 Å². The fourth-order valence-corrected chi connectivity index (χ4v) is 2.93. The Morgan fingerprint density at radius 2 is 2.05 bits per heavy atom. The van der Waals surface area contributed by atoms with Gasteiger partial charge in [0.2, 0.25) is 0 Å². The molecule has 0 aliphatic rings. The normalized spacial score (nSPS) is 10.7. The van der Waals surface area contributed by atoms with E-state index in [4.69, 9.17) is 16.3 Å². The maximum Gasteiger partial charge on any atom is 0.163 e. The van der Waals surface area contributed by atoms with Gasteiger partial charge in [0, 0.05) is 24.2 Å². The molecule has 1 heterocycles. The van der Waals surface area contributed by atoms with E-state index in [2.05, 4.69) is 47.1 Å². The lowest BCUT2D eigenvalue weighted by Crippen LogP contribution is -2.04. The van der Waals surface area contributed by atoms with Gasteiger partial charge in [-0.2, -0.15) is 0 Å². The molecular formula is C13H12Br2ClN3O. The SMILES string of the molecule is CNc1nc(-c2ccc(Br)cc2Cl)nc(COC)c1Br. The number of halogens is 3. The molecule has 2 aromatic rings. The van der Waals surface area contributed by atoms with Crippen LogP contribution in [0.15, 0.2) is 27.1 Å². The molecule has 0 aliphatic heterocycles. The molecule has 106 valence electrons. The predicted octanol–water partition coefficient (Wildman–Crippen LogP) is 4.51. The van der Waals surface area contributed by atoms with E-state index in [1.165, 1.54) is 0 Å². The first kappa shape index (κ1) is 15.7. The summed E-state index contributed by atoms with van der Waals surface area (Å²) in [5, 5.41) is 3.62. The molecule has 1 aromatic carbocycles. The van der Waals surface area contributed by atoms with Gasteiger partial charge in [-0.25, -0.2) is 9.97 Å². The van der Waals surface area contributed by atoms with Crippen molar-refractivity contribution in [1.29, 1.82) is 0 Å². The van der Waals surface area contributed by atoms with Crippen LogP contribution in [0.1, 0.15) is 5.69 Å². The zero-order valence-electron chi connectivity index (χ0n) is 10.9. The number of ether oxygens (including phenoxy) is 1. The van der Waals surface area contributed by atoms with Gasteiger partial charge >= 0.3 is 0 Å². The fraction of sp³-hybridized carbons (Fsp3) is 0.231. The topological polar surface area (TPSA) is 47.0 Å². The molecule has 0 bridgehead atoms. The van der Waals surface area contributed by atoms with E-state index in [0.29, 0.717) is 23.3 Å². The summed E-state index contributed by atoms with van der Waals surface area (Å²) in [5.41, 5.74) is 1.54. The molecule has 0 atom stereocenters. The van der Waals surface area contributed by atoms with Crippen molar-refractivity contribution in [2.24, 2.45) is 0 Å². The lowest BCUT2D eigenvalue weighted by molar-refractivity contribution is 0.181. The van der Waals surface area contributed by atoms with Gasteiger partial charge in [-0.15, -0.1) is 0 Å². The Morgan fingerprint density at radius 3 is 2.65 bits per heavy atom. The standard InChI is InChI=1S/C13H12Br2ClN3O/c1-17-13-11(15)10(6-20-2)18-12(19-13)8-4-3-7(14)5-9(8)16/h3-5H,6H2,1-2H3,(H,17,18,19). The summed E-state index contributed by atoms with van der Waals surface area (Å²) in [5.74, 6) is 1.25. The lowest BCUT2D eigenvalue weighted by atomic mass is 10.2. The predicted molar refractivity (Wildman–Crippen MR) is 88.1 cm³/mol. The molecule has 7 heteroatoms. The third kappa shape index (κ3) is 3.31. The van der Waals surface area contributed by atoms with Gasteiger partial charge < -0.3 is 10.1 Å². The summed E-state index contributed by atoms with van der Waals surface area (Å²) in [7, 11) is 3.43. The second kappa shape index (κ2) is 6.85. The summed E-state index contributed by atoms with van der Waals surface area (Å²) < 4.78 is 6.86. The first-order valence-electron chi connectivity index (χ1n) is 5.75. The van der Waals surface area contributed by atoms with Crippen LogP contribution >= 0.6 is 43.5 Å². The van der Waals surface area contributed by atoms with Crippen LogP contribution in [-0.2, 0) is 11.3 Å². The molecule has 0 saturated heterocycles. The summed E-state index contributed by atoms with van der Waals surface area (Å²) in [6, 6.07) is 5.60. The molecule has 0 amide bonds. The van der Waals surface area contributed by atoms with E-state index in [9.17, 15) is 0 Å². The number of aromatic nitrogens is 2. The minimum absolute atomic E-state index is 0.388. The average Bonchev–Trinajstić information content (AvgIpc) is 2.41. The summed E-state index contributed by atoms with van der Waals surface area (Å²) in [4.78, 5) is 8.98. The third-order valence-corrected chi connectivity index (χ3v) is 4.25. The van der Waals surface area contributed by atoms with Crippen molar-refractivity contribution in [3.8, 4) is 11.4 Å². The van der Waals surface area contributed by atoms with Crippen molar-refractivity contribution in [3.05, 3.63) is 37.9 Å². The van der Waals surface area contributed by atoms with E-state index >= 15 is 0 Å². The smallest absolute Gasteiger partial charge is 0.163 e. The highest BCUT2D eigenvalue weighted by Gasteiger charge is 2.14. The largest absolute Gasteiger partial charge is 0.378 e. The maximum absolute atomic E-state index is 6.26. The fourth-order valence-electron chi connectivity index (χ4n) is 1.68. The molecule has 0 fully saturated rings. The minimum Gasteiger partial charge on any atom is -0.378 e.